The third-order valence-corrected chi connectivity index (χ3v) is 3.73. The first-order valence-corrected chi connectivity index (χ1v) is 7.94. The van der Waals surface area contributed by atoms with Crippen molar-refractivity contribution in [3.05, 3.63) is 71.4 Å². The molecule has 6 heteroatoms. The van der Waals surface area contributed by atoms with Crippen molar-refractivity contribution >= 4 is 11.6 Å². The zero-order chi connectivity index (χ0) is 17.6. The molecule has 1 aromatic heterocycles. The summed E-state index contributed by atoms with van der Waals surface area (Å²) in [5.41, 5.74) is 2.59. The van der Waals surface area contributed by atoms with Crippen LogP contribution in [0.4, 0.5) is 5.69 Å². The van der Waals surface area contributed by atoms with Crippen LogP contribution in [0.25, 0.3) is 0 Å². The smallest absolute Gasteiger partial charge is 0.231 e. The van der Waals surface area contributed by atoms with E-state index in [0.29, 0.717) is 18.1 Å². The highest BCUT2D eigenvalue weighted by molar-refractivity contribution is 5.93. The van der Waals surface area contributed by atoms with Crippen molar-refractivity contribution < 1.29 is 14.1 Å². The molecule has 0 radical (unpaired) electrons. The van der Waals surface area contributed by atoms with Crippen LogP contribution in [0.5, 0.6) is 5.75 Å². The Bertz CT molecular complexity index is 856. The normalized spacial score (nSPS) is 10.5. The Morgan fingerprint density at radius 2 is 1.92 bits per heavy atom. The molecule has 0 saturated heterocycles. The first kappa shape index (κ1) is 16.7. The molecular formula is C19H19N3O3. The number of amides is 1. The van der Waals surface area contributed by atoms with Gasteiger partial charge in [0.25, 0.3) is 0 Å². The van der Waals surface area contributed by atoms with E-state index in [2.05, 4.69) is 15.5 Å². The number of rotatable bonds is 6. The van der Waals surface area contributed by atoms with Crippen molar-refractivity contribution in [1.29, 1.82) is 0 Å². The van der Waals surface area contributed by atoms with E-state index < -0.39 is 0 Å². The third kappa shape index (κ3) is 4.44. The molecule has 3 rings (SSSR count). The van der Waals surface area contributed by atoms with Gasteiger partial charge in [-0.05, 0) is 36.2 Å². The zero-order valence-corrected chi connectivity index (χ0v) is 14.2. The largest absolute Gasteiger partial charge is 0.497 e. The monoisotopic (exact) mass is 337 g/mol. The number of nitrogens with one attached hydrogen (secondary N) is 1. The quantitative estimate of drug-likeness (QED) is 0.747. The Morgan fingerprint density at radius 1 is 1.16 bits per heavy atom. The second-order valence-electron chi connectivity index (χ2n) is 5.64. The van der Waals surface area contributed by atoms with Crippen LogP contribution in [0.3, 0.4) is 0 Å². The second kappa shape index (κ2) is 7.61. The number of para-hydroxylation sites is 1. The lowest BCUT2D eigenvalue weighted by molar-refractivity contribution is -0.115. The van der Waals surface area contributed by atoms with Crippen molar-refractivity contribution in [2.24, 2.45) is 0 Å². The summed E-state index contributed by atoms with van der Waals surface area (Å²) in [6, 6.07) is 15.0. The Labute approximate surface area is 145 Å². The fourth-order valence-corrected chi connectivity index (χ4v) is 2.49. The van der Waals surface area contributed by atoms with E-state index in [1.807, 2.05) is 48.5 Å². The number of anilines is 1. The van der Waals surface area contributed by atoms with Crippen LogP contribution in [0.1, 0.15) is 22.8 Å². The van der Waals surface area contributed by atoms with Gasteiger partial charge in [-0.15, -0.1) is 0 Å². The Hall–Kier alpha value is -3.15. The number of ether oxygens (including phenoxy) is 1. The molecule has 128 valence electrons. The molecule has 6 nitrogen and oxygen atoms in total. The molecule has 0 aliphatic heterocycles. The summed E-state index contributed by atoms with van der Waals surface area (Å²) in [5.74, 6) is 1.80. The molecule has 0 atom stereocenters. The van der Waals surface area contributed by atoms with E-state index in [0.717, 1.165) is 22.6 Å². The van der Waals surface area contributed by atoms with E-state index in [1.54, 1.807) is 14.0 Å². The molecule has 1 N–H and O–H groups in total. The predicted octanol–water partition coefficient (Wildman–Crippen LogP) is 3.16. The lowest BCUT2D eigenvalue weighted by Crippen LogP contribution is -2.15. The maximum atomic E-state index is 12.4. The summed E-state index contributed by atoms with van der Waals surface area (Å²) in [6.07, 6.45) is 0.762. The lowest BCUT2D eigenvalue weighted by atomic mass is 10.1. The fourth-order valence-electron chi connectivity index (χ4n) is 2.49. The van der Waals surface area contributed by atoms with E-state index >= 15 is 0 Å². The predicted molar refractivity (Wildman–Crippen MR) is 93.6 cm³/mol. The third-order valence-electron chi connectivity index (χ3n) is 3.73. The number of benzene rings is 2. The van der Waals surface area contributed by atoms with E-state index in [9.17, 15) is 4.79 Å². The van der Waals surface area contributed by atoms with Gasteiger partial charge in [0.15, 0.2) is 5.82 Å². The molecule has 0 fully saturated rings. The van der Waals surface area contributed by atoms with Gasteiger partial charge in [0, 0.05) is 5.69 Å². The highest BCUT2D eigenvalue weighted by Crippen LogP contribution is 2.19. The van der Waals surface area contributed by atoms with Crippen molar-refractivity contribution in [3.63, 3.8) is 0 Å². The molecule has 1 heterocycles. The minimum absolute atomic E-state index is 0.0840. The molecule has 1 amide bonds. The Balaban J connectivity index is 1.68. The number of methoxy groups -OCH3 is 1. The zero-order valence-electron chi connectivity index (χ0n) is 14.2. The molecular weight excluding hydrogens is 318 g/mol. The number of nitrogens with zero attached hydrogens (tertiary/aromatic N) is 2. The van der Waals surface area contributed by atoms with Gasteiger partial charge < -0.3 is 14.6 Å². The number of aryl methyl sites for hydroxylation is 1. The molecule has 25 heavy (non-hydrogen) atoms. The van der Waals surface area contributed by atoms with Gasteiger partial charge in [-0.2, -0.15) is 4.98 Å². The molecule has 0 unspecified atom stereocenters. The number of hydrogen-bond acceptors (Lipinski definition) is 5. The summed E-state index contributed by atoms with van der Waals surface area (Å²) in [5, 5.41) is 6.74. The second-order valence-corrected chi connectivity index (χ2v) is 5.64. The fraction of sp³-hybridized carbons (Fsp3) is 0.211. The molecule has 2 aromatic carbocycles. The van der Waals surface area contributed by atoms with Crippen molar-refractivity contribution in [2.45, 2.75) is 19.8 Å². The summed E-state index contributed by atoms with van der Waals surface area (Å²) in [4.78, 5) is 16.6. The topological polar surface area (TPSA) is 77.2 Å². The Kier molecular flexibility index (Phi) is 5.09. The number of hydrogen-bond donors (Lipinski definition) is 1. The average Bonchev–Trinajstić information content (AvgIpc) is 3.02. The van der Waals surface area contributed by atoms with Crippen LogP contribution in [0.2, 0.25) is 0 Å². The van der Waals surface area contributed by atoms with Crippen LogP contribution in [0, 0.1) is 6.92 Å². The van der Waals surface area contributed by atoms with Gasteiger partial charge in [-0.25, -0.2) is 0 Å². The summed E-state index contributed by atoms with van der Waals surface area (Å²) in [7, 11) is 1.61. The molecule has 0 spiro atoms. The van der Waals surface area contributed by atoms with Crippen LogP contribution >= 0.6 is 0 Å². The van der Waals surface area contributed by atoms with E-state index in [4.69, 9.17) is 9.26 Å². The minimum Gasteiger partial charge on any atom is -0.497 e. The van der Waals surface area contributed by atoms with Gasteiger partial charge in [0.2, 0.25) is 11.8 Å². The van der Waals surface area contributed by atoms with Crippen molar-refractivity contribution in [3.8, 4) is 5.75 Å². The van der Waals surface area contributed by atoms with Gasteiger partial charge in [0.05, 0.1) is 20.0 Å². The van der Waals surface area contributed by atoms with Crippen LogP contribution in [-0.4, -0.2) is 23.2 Å². The van der Waals surface area contributed by atoms with E-state index in [1.165, 1.54) is 0 Å². The van der Waals surface area contributed by atoms with Gasteiger partial charge in [-0.1, -0.05) is 35.5 Å². The average molecular weight is 337 g/mol. The first-order valence-electron chi connectivity index (χ1n) is 7.94. The van der Waals surface area contributed by atoms with Crippen molar-refractivity contribution in [2.75, 3.05) is 12.4 Å². The number of carbonyl (C=O) groups excluding carboxylic acids is 1. The molecule has 0 aliphatic rings. The van der Waals surface area contributed by atoms with Gasteiger partial charge >= 0.3 is 0 Å². The lowest BCUT2D eigenvalue weighted by Gasteiger charge is -2.10. The maximum Gasteiger partial charge on any atom is 0.231 e. The van der Waals surface area contributed by atoms with E-state index in [-0.39, 0.29) is 12.3 Å². The maximum absolute atomic E-state index is 12.4. The van der Waals surface area contributed by atoms with Crippen LogP contribution in [0.15, 0.2) is 53.1 Å². The summed E-state index contributed by atoms with van der Waals surface area (Å²) < 4.78 is 10.3. The minimum atomic E-state index is -0.0840. The first-order chi connectivity index (χ1) is 12.1. The highest BCUT2D eigenvalue weighted by atomic mass is 16.5. The van der Waals surface area contributed by atoms with Gasteiger partial charge in [0.1, 0.15) is 5.75 Å². The van der Waals surface area contributed by atoms with Crippen LogP contribution < -0.4 is 10.1 Å². The number of carbonyl (C=O) groups is 1. The Morgan fingerprint density at radius 3 is 2.60 bits per heavy atom. The van der Waals surface area contributed by atoms with Gasteiger partial charge in [-0.3, -0.25) is 4.79 Å². The number of aromatic nitrogens is 2. The molecule has 3 aromatic rings. The SMILES string of the molecule is COc1ccc(CC(=O)Nc2ccccc2Cc2nc(C)no2)cc1. The molecule has 0 aliphatic carbocycles. The van der Waals surface area contributed by atoms with Crippen molar-refractivity contribution in [1.82, 2.24) is 10.1 Å². The summed E-state index contributed by atoms with van der Waals surface area (Å²) >= 11 is 0. The molecule has 0 bridgehead atoms. The summed E-state index contributed by atoms with van der Waals surface area (Å²) in [6.45, 7) is 1.77. The standard InChI is InChI=1S/C19H19N3O3/c1-13-20-19(25-22-13)12-15-5-3-4-6-17(15)21-18(23)11-14-7-9-16(24-2)10-8-14/h3-10H,11-12H2,1-2H3,(H,21,23). The molecule has 0 saturated carbocycles. The van der Waals surface area contributed by atoms with Crippen LogP contribution in [-0.2, 0) is 17.6 Å². The highest BCUT2D eigenvalue weighted by Gasteiger charge is 2.11.